The summed E-state index contributed by atoms with van der Waals surface area (Å²) >= 11 is 1.42. The van der Waals surface area contributed by atoms with Gasteiger partial charge in [-0.05, 0) is 49.9 Å². The molecule has 1 aromatic heterocycles. The fraction of sp³-hybridized carbons (Fsp3) is 0.438. The molecule has 0 spiro atoms. The van der Waals surface area contributed by atoms with Crippen molar-refractivity contribution in [2.75, 3.05) is 5.32 Å². The van der Waals surface area contributed by atoms with Gasteiger partial charge in [0.1, 0.15) is 5.01 Å². The van der Waals surface area contributed by atoms with Gasteiger partial charge >= 0.3 is 0 Å². The molecule has 1 aromatic carbocycles. The third-order valence-electron chi connectivity index (χ3n) is 3.76. The van der Waals surface area contributed by atoms with Crippen LogP contribution in [0.5, 0.6) is 0 Å². The van der Waals surface area contributed by atoms with Crippen LogP contribution in [0, 0.1) is 33.6 Å². The molecule has 0 aliphatic carbocycles. The maximum atomic E-state index is 11.7. The normalized spacial score (nSPS) is 11.0. The van der Waals surface area contributed by atoms with E-state index in [4.69, 9.17) is 0 Å². The molecule has 112 valence electrons. The lowest BCUT2D eigenvalue weighted by molar-refractivity contribution is -0.118. The number of carbonyl (C=O) groups excluding carboxylic acids is 1. The highest BCUT2D eigenvalue weighted by Crippen LogP contribution is 2.34. The van der Waals surface area contributed by atoms with Gasteiger partial charge in [0.25, 0.3) is 0 Å². The molecule has 0 radical (unpaired) electrons. The van der Waals surface area contributed by atoms with Crippen molar-refractivity contribution in [2.24, 2.45) is 5.92 Å². The first-order valence-electron chi connectivity index (χ1n) is 7.03. The number of hydrogen-bond donors (Lipinski definition) is 1. The first kappa shape index (κ1) is 15.6. The quantitative estimate of drug-likeness (QED) is 0.931. The number of aryl methyl sites for hydroxylation is 2. The molecule has 0 atom stereocenters. The summed E-state index contributed by atoms with van der Waals surface area (Å²) in [4.78, 5) is 11.7. The molecule has 0 fully saturated rings. The SMILES string of the molecule is Cc1cc(C)c(C)c(-c2nnc(NC(=O)C(C)C)s2)c1C. The van der Waals surface area contributed by atoms with Crippen LogP contribution in [0.3, 0.4) is 0 Å². The van der Waals surface area contributed by atoms with Crippen molar-refractivity contribution >= 4 is 22.4 Å². The van der Waals surface area contributed by atoms with E-state index in [9.17, 15) is 4.79 Å². The van der Waals surface area contributed by atoms with Crippen LogP contribution in [0.15, 0.2) is 6.07 Å². The average Bonchev–Trinajstić information content (AvgIpc) is 2.85. The summed E-state index contributed by atoms with van der Waals surface area (Å²) in [5.41, 5.74) is 6.06. The predicted octanol–water partition coefficient (Wildman–Crippen LogP) is 4.03. The second-order valence-electron chi connectivity index (χ2n) is 5.69. The van der Waals surface area contributed by atoms with Gasteiger partial charge in [-0.1, -0.05) is 31.3 Å². The highest BCUT2D eigenvalue weighted by Gasteiger charge is 2.16. The first-order chi connectivity index (χ1) is 9.81. The zero-order valence-corrected chi connectivity index (χ0v) is 14.2. The Morgan fingerprint density at radius 2 is 1.67 bits per heavy atom. The van der Waals surface area contributed by atoms with Crippen LogP contribution in [0.25, 0.3) is 10.6 Å². The zero-order chi connectivity index (χ0) is 15.7. The smallest absolute Gasteiger partial charge is 0.228 e. The lowest BCUT2D eigenvalue weighted by Gasteiger charge is -2.12. The molecule has 2 aromatic rings. The molecule has 0 bridgehead atoms. The number of anilines is 1. The second-order valence-corrected chi connectivity index (χ2v) is 6.67. The first-order valence-corrected chi connectivity index (χ1v) is 7.85. The molecule has 1 amide bonds. The second kappa shape index (κ2) is 5.93. The predicted molar refractivity (Wildman–Crippen MR) is 87.8 cm³/mol. The van der Waals surface area contributed by atoms with Crippen LogP contribution in [-0.2, 0) is 4.79 Å². The van der Waals surface area contributed by atoms with Gasteiger partial charge in [-0.15, -0.1) is 10.2 Å². The zero-order valence-electron chi connectivity index (χ0n) is 13.4. The van der Waals surface area contributed by atoms with Gasteiger partial charge in [-0.25, -0.2) is 0 Å². The highest BCUT2D eigenvalue weighted by molar-refractivity contribution is 7.18. The summed E-state index contributed by atoms with van der Waals surface area (Å²) in [7, 11) is 0. The highest BCUT2D eigenvalue weighted by atomic mass is 32.1. The van der Waals surface area contributed by atoms with Crippen molar-refractivity contribution < 1.29 is 4.79 Å². The van der Waals surface area contributed by atoms with Gasteiger partial charge < -0.3 is 5.32 Å². The lowest BCUT2D eigenvalue weighted by atomic mass is 9.95. The van der Waals surface area contributed by atoms with Crippen molar-refractivity contribution in [2.45, 2.75) is 41.5 Å². The van der Waals surface area contributed by atoms with E-state index in [1.165, 1.54) is 33.6 Å². The minimum atomic E-state index is -0.0676. The number of carbonyl (C=O) groups is 1. The minimum absolute atomic E-state index is 0.0356. The Morgan fingerprint density at radius 1 is 1.10 bits per heavy atom. The molecule has 0 aliphatic rings. The molecule has 0 saturated heterocycles. The summed E-state index contributed by atoms with van der Waals surface area (Å²) in [6.07, 6.45) is 0. The maximum Gasteiger partial charge on any atom is 0.228 e. The van der Waals surface area contributed by atoms with Crippen LogP contribution >= 0.6 is 11.3 Å². The summed E-state index contributed by atoms with van der Waals surface area (Å²) in [5, 5.41) is 12.6. The summed E-state index contributed by atoms with van der Waals surface area (Å²) < 4.78 is 0. The standard InChI is InChI=1S/C16H21N3OS/c1-8(2)14(20)17-16-19-18-15(21-16)13-11(5)9(3)7-10(4)12(13)6/h7-8H,1-6H3,(H,17,19,20). The molecule has 0 saturated carbocycles. The number of benzene rings is 1. The van der Waals surface area contributed by atoms with Crippen LogP contribution in [0.2, 0.25) is 0 Å². The van der Waals surface area contributed by atoms with E-state index >= 15 is 0 Å². The van der Waals surface area contributed by atoms with Crippen LogP contribution < -0.4 is 5.32 Å². The largest absolute Gasteiger partial charge is 0.300 e. The summed E-state index contributed by atoms with van der Waals surface area (Å²) in [6, 6.07) is 2.19. The van der Waals surface area contributed by atoms with Crippen molar-refractivity contribution in [1.82, 2.24) is 10.2 Å². The van der Waals surface area contributed by atoms with E-state index < -0.39 is 0 Å². The van der Waals surface area contributed by atoms with E-state index in [0.29, 0.717) is 5.13 Å². The molecular formula is C16H21N3OS. The molecule has 1 N–H and O–H groups in total. The molecule has 5 heteroatoms. The van der Waals surface area contributed by atoms with Gasteiger partial charge in [-0.2, -0.15) is 0 Å². The molecule has 2 rings (SSSR count). The van der Waals surface area contributed by atoms with Crippen molar-refractivity contribution in [3.63, 3.8) is 0 Å². The minimum Gasteiger partial charge on any atom is -0.300 e. The van der Waals surface area contributed by atoms with Crippen LogP contribution in [0.1, 0.15) is 36.1 Å². The Morgan fingerprint density at radius 3 is 2.19 bits per heavy atom. The van der Waals surface area contributed by atoms with Crippen molar-refractivity contribution in [1.29, 1.82) is 0 Å². The van der Waals surface area contributed by atoms with Crippen molar-refractivity contribution in [3.8, 4) is 10.6 Å². The summed E-state index contributed by atoms with van der Waals surface area (Å²) in [6.45, 7) is 12.1. The third-order valence-corrected chi connectivity index (χ3v) is 4.62. The molecule has 0 aliphatic heterocycles. The maximum absolute atomic E-state index is 11.7. The fourth-order valence-corrected chi connectivity index (χ4v) is 3.07. The van der Waals surface area contributed by atoms with E-state index in [1.54, 1.807) is 0 Å². The summed E-state index contributed by atoms with van der Waals surface area (Å²) in [5.74, 6) is -0.103. The third kappa shape index (κ3) is 3.13. The fourth-order valence-electron chi connectivity index (χ4n) is 2.16. The van der Waals surface area contributed by atoms with E-state index in [0.717, 1.165) is 10.6 Å². The lowest BCUT2D eigenvalue weighted by Crippen LogP contribution is -2.17. The number of hydrogen-bond acceptors (Lipinski definition) is 4. The van der Waals surface area contributed by atoms with Gasteiger partial charge in [-0.3, -0.25) is 4.79 Å². The topological polar surface area (TPSA) is 54.9 Å². The number of nitrogens with zero attached hydrogens (tertiary/aromatic N) is 2. The molecule has 0 unspecified atom stereocenters. The molecule has 21 heavy (non-hydrogen) atoms. The Bertz CT molecular complexity index is 663. The number of nitrogens with one attached hydrogen (secondary N) is 1. The molecular weight excluding hydrogens is 282 g/mol. The Hall–Kier alpha value is -1.75. The Balaban J connectivity index is 2.41. The number of amides is 1. The number of aromatic nitrogens is 2. The van der Waals surface area contributed by atoms with E-state index in [2.05, 4.69) is 49.3 Å². The molecule has 4 nitrogen and oxygen atoms in total. The van der Waals surface area contributed by atoms with Gasteiger partial charge in [0, 0.05) is 11.5 Å². The monoisotopic (exact) mass is 303 g/mol. The Kier molecular flexibility index (Phi) is 4.42. The molecule has 1 heterocycles. The van der Waals surface area contributed by atoms with E-state index in [-0.39, 0.29) is 11.8 Å². The van der Waals surface area contributed by atoms with E-state index in [1.807, 2.05) is 13.8 Å². The van der Waals surface area contributed by atoms with Crippen molar-refractivity contribution in [3.05, 3.63) is 28.3 Å². The van der Waals surface area contributed by atoms with Gasteiger partial charge in [0.15, 0.2) is 0 Å². The Labute approximate surface area is 129 Å². The van der Waals surface area contributed by atoms with Gasteiger partial charge in [0.2, 0.25) is 11.0 Å². The number of rotatable bonds is 3. The van der Waals surface area contributed by atoms with Gasteiger partial charge in [0.05, 0.1) is 0 Å². The van der Waals surface area contributed by atoms with Crippen LogP contribution in [-0.4, -0.2) is 16.1 Å². The average molecular weight is 303 g/mol. The van der Waals surface area contributed by atoms with Crippen LogP contribution in [0.4, 0.5) is 5.13 Å².